The third kappa shape index (κ3) is 3.01. The van der Waals surface area contributed by atoms with Gasteiger partial charge in [-0.2, -0.15) is 11.8 Å². The molecule has 1 aliphatic carbocycles. The molecule has 3 atom stereocenters. The molecule has 1 heterocycles. The van der Waals surface area contributed by atoms with Crippen LogP contribution in [0, 0.1) is 0 Å². The van der Waals surface area contributed by atoms with Crippen LogP contribution >= 0.6 is 11.8 Å². The van der Waals surface area contributed by atoms with Gasteiger partial charge in [0.05, 0.1) is 24.3 Å². The first kappa shape index (κ1) is 14.7. The predicted octanol–water partition coefficient (Wildman–Crippen LogP) is 3.78. The van der Waals surface area contributed by atoms with E-state index in [1.165, 1.54) is 25.0 Å². The van der Waals surface area contributed by atoms with Gasteiger partial charge in [-0.15, -0.1) is 0 Å². The molecule has 2 N–H and O–H groups in total. The molecule has 0 spiro atoms. The van der Waals surface area contributed by atoms with Crippen LogP contribution in [0.25, 0.3) is 0 Å². The summed E-state index contributed by atoms with van der Waals surface area (Å²) in [6, 6.07) is 10.7. The predicted molar refractivity (Wildman–Crippen MR) is 89.5 cm³/mol. The van der Waals surface area contributed by atoms with Crippen LogP contribution in [-0.2, 0) is 0 Å². The number of nitrogens with two attached hydrogens (primary N) is 1. The lowest BCUT2D eigenvalue weighted by atomic mass is 10.0. The van der Waals surface area contributed by atoms with E-state index in [0.717, 1.165) is 11.3 Å². The largest absolute Gasteiger partial charge is 0.329 e. The van der Waals surface area contributed by atoms with Crippen molar-refractivity contribution >= 4 is 11.8 Å². The van der Waals surface area contributed by atoms with Gasteiger partial charge >= 0.3 is 0 Å². The standard InChI is InChI=1S/C17H23N3S/c1-2-21-16-10-6-9-14(16)20-12-19-11-15(20)17(18)13-7-4-3-5-8-13/h3-5,7-8,11-12,14,16-17H,2,6,9-10,18H2,1H3. The molecule has 1 aliphatic rings. The van der Waals surface area contributed by atoms with Crippen LogP contribution in [0.3, 0.4) is 0 Å². The fourth-order valence-electron chi connectivity index (χ4n) is 3.30. The van der Waals surface area contributed by atoms with Gasteiger partial charge in [0.15, 0.2) is 0 Å². The Morgan fingerprint density at radius 3 is 2.90 bits per heavy atom. The minimum Gasteiger partial charge on any atom is -0.329 e. The Hall–Kier alpha value is -1.26. The maximum Gasteiger partial charge on any atom is 0.0951 e. The molecule has 1 aromatic heterocycles. The summed E-state index contributed by atoms with van der Waals surface area (Å²) >= 11 is 2.07. The molecule has 3 nitrogen and oxygen atoms in total. The highest BCUT2D eigenvalue weighted by atomic mass is 32.2. The summed E-state index contributed by atoms with van der Waals surface area (Å²) < 4.78 is 2.33. The van der Waals surface area contributed by atoms with Crippen molar-refractivity contribution in [1.82, 2.24) is 9.55 Å². The monoisotopic (exact) mass is 301 g/mol. The van der Waals surface area contributed by atoms with Gasteiger partial charge in [-0.05, 0) is 24.2 Å². The lowest BCUT2D eigenvalue weighted by Crippen LogP contribution is -2.22. The summed E-state index contributed by atoms with van der Waals surface area (Å²) in [7, 11) is 0. The van der Waals surface area contributed by atoms with Crippen LogP contribution in [0.5, 0.6) is 0 Å². The van der Waals surface area contributed by atoms with Crippen molar-refractivity contribution in [3.05, 3.63) is 54.1 Å². The molecule has 1 aromatic carbocycles. The second-order valence-corrected chi connectivity index (χ2v) is 7.12. The first-order valence-corrected chi connectivity index (χ1v) is 8.80. The molecule has 0 radical (unpaired) electrons. The van der Waals surface area contributed by atoms with Crippen molar-refractivity contribution in [2.75, 3.05) is 5.75 Å². The van der Waals surface area contributed by atoms with Crippen LogP contribution in [0.4, 0.5) is 0 Å². The average molecular weight is 301 g/mol. The van der Waals surface area contributed by atoms with Crippen molar-refractivity contribution in [3.63, 3.8) is 0 Å². The topological polar surface area (TPSA) is 43.8 Å². The van der Waals surface area contributed by atoms with Gasteiger partial charge in [0.1, 0.15) is 0 Å². The highest BCUT2D eigenvalue weighted by Crippen LogP contribution is 2.39. The quantitative estimate of drug-likeness (QED) is 0.914. The molecule has 112 valence electrons. The van der Waals surface area contributed by atoms with Gasteiger partial charge in [-0.25, -0.2) is 4.98 Å². The number of aromatic nitrogens is 2. The average Bonchev–Trinajstić information content (AvgIpc) is 3.16. The zero-order chi connectivity index (χ0) is 14.7. The number of nitrogens with zero attached hydrogens (tertiary/aromatic N) is 2. The molecule has 2 aromatic rings. The normalized spacial score (nSPS) is 23.3. The molecule has 0 aliphatic heterocycles. The first-order valence-electron chi connectivity index (χ1n) is 7.75. The van der Waals surface area contributed by atoms with E-state index < -0.39 is 0 Å². The van der Waals surface area contributed by atoms with Crippen molar-refractivity contribution in [2.45, 2.75) is 43.5 Å². The molecule has 1 saturated carbocycles. The van der Waals surface area contributed by atoms with E-state index >= 15 is 0 Å². The molecular formula is C17H23N3S. The van der Waals surface area contributed by atoms with Gasteiger partial charge in [-0.1, -0.05) is 43.7 Å². The minimum absolute atomic E-state index is 0.0958. The Morgan fingerprint density at radius 1 is 1.33 bits per heavy atom. The van der Waals surface area contributed by atoms with Crippen LogP contribution < -0.4 is 5.73 Å². The van der Waals surface area contributed by atoms with Crippen LogP contribution in [0.1, 0.15) is 49.5 Å². The maximum atomic E-state index is 6.48. The summed E-state index contributed by atoms with van der Waals surface area (Å²) in [6.45, 7) is 2.24. The van der Waals surface area contributed by atoms with E-state index in [4.69, 9.17) is 5.73 Å². The molecule has 3 unspecified atom stereocenters. The Bertz CT molecular complexity index is 566. The molecule has 1 fully saturated rings. The number of hydrogen-bond donors (Lipinski definition) is 1. The summed E-state index contributed by atoms with van der Waals surface area (Å²) in [5, 5.41) is 0.700. The highest BCUT2D eigenvalue weighted by molar-refractivity contribution is 7.99. The molecule has 0 bridgehead atoms. The lowest BCUT2D eigenvalue weighted by molar-refractivity contribution is 0.501. The van der Waals surface area contributed by atoms with E-state index in [-0.39, 0.29) is 6.04 Å². The van der Waals surface area contributed by atoms with Gasteiger partial charge in [-0.3, -0.25) is 0 Å². The molecule has 21 heavy (non-hydrogen) atoms. The Kier molecular flexibility index (Phi) is 4.66. The number of benzene rings is 1. The summed E-state index contributed by atoms with van der Waals surface area (Å²) in [5.74, 6) is 1.18. The smallest absolute Gasteiger partial charge is 0.0951 e. The van der Waals surface area contributed by atoms with Gasteiger partial charge in [0.2, 0.25) is 0 Å². The van der Waals surface area contributed by atoms with Gasteiger partial charge in [0.25, 0.3) is 0 Å². The molecule has 3 rings (SSSR count). The number of hydrogen-bond acceptors (Lipinski definition) is 3. The summed E-state index contributed by atoms with van der Waals surface area (Å²) in [4.78, 5) is 4.38. The van der Waals surface area contributed by atoms with Crippen molar-refractivity contribution in [3.8, 4) is 0 Å². The van der Waals surface area contributed by atoms with E-state index in [2.05, 4.69) is 40.4 Å². The SMILES string of the molecule is CCSC1CCCC1n1cncc1C(N)c1ccccc1. The third-order valence-corrected chi connectivity index (χ3v) is 5.64. The van der Waals surface area contributed by atoms with E-state index in [9.17, 15) is 0 Å². The van der Waals surface area contributed by atoms with Gasteiger partial charge < -0.3 is 10.3 Å². The van der Waals surface area contributed by atoms with E-state index in [0.29, 0.717) is 11.3 Å². The zero-order valence-corrected chi connectivity index (χ0v) is 13.3. The van der Waals surface area contributed by atoms with Crippen LogP contribution in [-0.4, -0.2) is 20.6 Å². The second kappa shape index (κ2) is 6.67. The zero-order valence-electron chi connectivity index (χ0n) is 12.5. The Labute approximate surface area is 131 Å². The van der Waals surface area contributed by atoms with Crippen molar-refractivity contribution in [2.24, 2.45) is 5.73 Å². The Morgan fingerprint density at radius 2 is 2.14 bits per heavy atom. The van der Waals surface area contributed by atoms with E-state index in [1.54, 1.807) is 0 Å². The highest BCUT2D eigenvalue weighted by Gasteiger charge is 2.30. The molecule has 0 amide bonds. The molecule has 0 saturated heterocycles. The first-order chi connectivity index (χ1) is 10.3. The van der Waals surface area contributed by atoms with Gasteiger partial charge in [0, 0.05) is 11.3 Å². The minimum atomic E-state index is -0.0958. The molecule has 4 heteroatoms. The van der Waals surface area contributed by atoms with Crippen LogP contribution in [0.2, 0.25) is 0 Å². The lowest BCUT2D eigenvalue weighted by Gasteiger charge is -2.24. The number of rotatable bonds is 5. The number of thioether (sulfide) groups is 1. The summed E-state index contributed by atoms with van der Waals surface area (Å²) in [6.07, 6.45) is 7.76. The fourth-order valence-corrected chi connectivity index (χ4v) is 4.55. The summed E-state index contributed by atoms with van der Waals surface area (Å²) in [5.41, 5.74) is 8.76. The van der Waals surface area contributed by atoms with Crippen molar-refractivity contribution in [1.29, 1.82) is 0 Å². The molecular weight excluding hydrogens is 278 g/mol. The maximum absolute atomic E-state index is 6.48. The van der Waals surface area contributed by atoms with Crippen LogP contribution in [0.15, 0.2) is 42.9 Å². The third-order valence-electron chi connectivity index (χ3n) is 4.33. The number of imidazole rings is 1. The Balaban J connectivity index is 1.87. The van der Waals surface area contributed by atoms with E-state index in [1.807, 2.05) is 30.7 Å². The van der Waals surface area contributed by atoms with Crippen molar-refractivity contribution < 1.29 is 0 Å². The second-order valence-electron chi connectivity index (χ2n) is 5.61. The fraction of sp³-hybridized carbons (Fsp3) is 0.471.